The molecule has 2 amide bonds. The molecule has 2 atom stereocenters. The third-order valence-corrected chi connectivity index (χ3v) is 6.39. The molecule has 0 radical (unpaired) electrons. The predicted octanol–water partition coefficient (Wildman–Crippen LogP) is 2.47. The SMILES string of the molecule is CC(=O)N[C@H]1CC2(CCN(C(=O)c3cc4cc(Cl)ccc4[nH]3)CC2)OC[C@]1(C)O. The highest BCUT2D eigenvalue weighted by molar-refractivity contribution is 6.31. The molecule has 1 spiro atoms. The number of benzene rings is 1. The van der Waals surface area contributed by atoms with Crippen LogP contribution < -0.4 is 5.32 Å². The maximum atomic E-state index is 13.0. The van der Waals surface area contributed by atoms with Gasteiger partial charge >= 0.3 is 0 Å². The molecule has 2 aliphatic heterocycles. The Morgan fingerprint density at radius 1 is 1.31 bits per heavy atom. The number of carbonyl (C=O) groups excluding carboxylic acids is 2. The Balaban J connectivity index is 1.44. The summed E-state index contributed by atoms with van der Waals surface area (Å²) in [6.07, 6.45) is 1.86. The quantitative estimate of drug-likeness (QED) is 0.696. The van der Waals surface area contributed by atoms with Crippen LogP contribution in [0.3, 0.4) is 0 Å². The first-order valence-electron chi connectivity index (χ1n) is 9.88. The van der Waals surface area contributed by atoms with E-state index in [4.69, 9.17) is 16.3 Å². The van der Waals surface area contributed by atoms with E-state index >= 15 is 0 Å². The van der Waals surface area contributed by atoms with Crippen molar-refractivity contribution in [2.45, 2.75) is 50.4 Å². The summed E-state index contributed by atoms with van der Waals surface area (Å²) in [7, 11) is 0. The number of nitrogens with zero attached hydrogens (tertiary/aromatic N) is 1. The minimum atomic E-state index is -1.10. The van der Waals surface area contributed by atoms with E-state index in [1.165, 1.54) is 6.92 Å². The fourth-order valence-corrected chi connectivity index (χ4v) is 4.54. The average Bonchev–Trinajstić information content (AvgIpc) is 3.08. The number of aromatic amines is 1. The largest absolute Gasteiger partial charge is 0.386 e. The maximum absolute atomic E-state index is 13.0. The van der Waals surface area contributed by atoms with Gasteiger partial charge in [-0.3, -0.25) is 9.59 Å². The van der Waals surface area contributed by atoms with Crippen LogP contribution in [0.25, 0.3) is 10.9 Å². The molecule has 8 heteroatoms. The van der Waals surface area contributed by atoms with E-state index in [-0.39, 0.29) is 24.5 Å². The number of hydrogen-bond donors (Lipinski definition) is 3. The Morgan fingerprint density at radius 2 is 2.03 bits per heavy atom. The number of halogens is 1. The number of ether oxygens (including phenoxy) is 1. The molecule has 1 aromatic heterocycles. The first-order valence-corrected chi connectivity index (χ1v) is 10.3. The summed E-state index contributed by atoms with van der Waals surface area (Å²) in [6, 6.07) is 6.95. The van der Waals surface area contributed by atoms with Crippen LogP contribution in [0, 0.1) is 0 Å². The lowest BCUT2D eigenvalue weighted by Gasteiger charge is -2.50. The second-order valence-electron chi connectivity index (χ2n) is 8.49. The normalized spacial score (nSPS) is 26.6. The number of aliphatic hydroxyl groups is 1. The van der Waals surface area contributed by atoms with E-state index in [1.54, 1.807) is 13.0 Å². The van der Waals surface area contributed by atoms with Gasteiger partial charge in [-0.05, 0) is 50.5 Å². The van der Waals surface area contributed by atoms with Crippen molar-refractivity contribution < 1.29 is 19.4 Å². The Morgan fingerprint density at radius 3 is 2.72 bits per heavy atom. The monoisotopic (exact) mass is 419 g/mol. The zero-order valence-electron chi connectivity index (χ0n) is 16.6. The van der Waals surface area contributed by atoms with Gasteiger partial charge in [-0.15, -0.1) is 0 Å². The number of H-pyrrole nitrogens is 1. The van der Waals surface area contributed by atoms with Crippen molar-refractivity contribution in [3.8, 4) is 0 Å². The highest BCUT2D eigenvalue weighted by Crippen LogP contribution is 2.38. The fraction of sp³-hybridized carbons (Fsp3) is 0.524. The third kappa shape index (κ3) is 3.99. The van der Waals surface area contributed by atoms with Gasteiger partial charge < -0.3 is 25.0 Å². The van der Waals surface area contributed by atoms with Crippen LogP contribution in [-0.2, 0) is 9.53 Å². The standard InChI is InChI=1S/C21H26ClN3O4/c1-13(26)23-18-11-21(29-12-20(18,2)28)5-7-25(8-6-21)19(27)17-10-14-9-15(22)3-4-16(14)24-17/h3-4,9-10,18,24,28H,5-8,11-12H2,1-2H3,(H,23,26)/t18-,20-/m0/s1. The van der Waals surface area contributed by atoms with Crippen molar-refractivity contribution in [1.82, 2.24) is 15.2 Å². The molecule has 2 aliphatic rings. The second kappa shape index (κ2) is 7.31. The van der Waals surface area contributed by atoms with E-state index in [0.717, 1.165) is 10.9 Å². The molecule has 0 aliphatic carbocycles. The Kier molecular flexibility index (Phi) is 5.09. The highest BCUT2D eigenvalue weighted by Gasteiger charge is 2.49. The molecular formula is C21H26ClN3O4. The zero-order valence-corrected chi connectivity index (χ0v) is 17.4. The Bertz CT molecular complexity index is 947. The average molecular weight is 420 g/mol. The van der Waals surface area contributed by atoms with E-state index in [1.807, 2.05) is 23.1 Å². The summed E-state index contributed by atoms with van der Waals surface area (Å²) in [6.45, 7) is 4.41. The van der Waals surface area contributed by atoms with Gasteiger partial charge in [0.1, 0.15) is 11.3 Å². The van der Waals surface area contributed by atoms with E-state index in [2.05, 4.69) is 10.3 Å². The van der Waals surface area contributed by atoms with E-state index < -0.39 is 11.2 Å². The number of aromatic nitrogens is 1. The topological polar surface area (TPSA) is 94.7 Å². The van der Waals surface area contributed by atoms with Crippen molar-refractivity contribution in [3.63, 3.8) is 0 Å². The van der Waals surface area contributed by atoms with Crippen LogP contribution in [0.2, 0.25) is 5.02 Å². The molecule has 29 heavy (non-hydrogen) atoms. The van der Waals surface area contributed by atoms with Gasteiger partial charge in [0.05, 0.1) is 18.2 Å². The molecule has 0 bridgehead atoms. The van der Waals surface area contributed by atoms with Crippen LogP contribution >= 0.6 is 11.6 Å². The summed E-state index contributed by atoms with van der Waals surface area (Å²) in [5.74, 6) is -0.216. The Labute approximate surface area is 174 Å². The molecular weight excluding hydrogens is 394 g/mol. The molecule has 0 unspecified atom stereocenters. The van der Waals surface area contributed by atoms with Gasteiger partial charge in [0.15, 0.2) is 0 Å². The lowest BCUT2D eigenvalue weighted by atomic mass is 9.77. The van der Waals surface area contributed by atoms with Crippen molar-refractivity contribution in [2.75, 3.05) is 19.7 Å². The second-order valence-corrected chi connectivity index (χ2v) is 8.93. The van der Waals surface area contributed by atoms with Crippen molar-refractivity contribution >= 4 is 34.3 Å². The number of fused-ring (bicyclic) bond motifs is 1. The van der Waals surface area contributed by atoms with Gasteiger partial charge in [-0.25, -0.2) is 0 Å². The van der Waals surface area contributed by atoms with Gasteiger partial charge in [0, 0.05) is 35.9 Å². The molecule has 7 nitrogen and oxygen atoms in total. The maximum Gasteiger partial charge on any atom is 0.270 e. The molecule has 3 heterocycles. The van der Waals surface area contributed by atoms with Crippen molar-refractivity contribution in [1.29, 1.82) is 0 Å². The number of amides is 2. The summed E-state index contributed by atoms with van der Waals surface area (Å²) >= 11 is 6.03. The Hall–Kier alpha value is -2.09. The molecule has 2 saturated heterocycles. The summed E-state index contributed by atoms with van der Waals surface area (Å²) in [5, 5.41) is 15.0. The number of hydrogen-bond acceptors (Lipinski definition) is 4. The van der Waals surface area contributed by atoms with Gasteiger partial charge in [-0.1, -0.05) is 11.6 Å². The first kappa shape index (κ1) is 20.2. The van der Waals surface area contributed by atoms with Gasteiger partial charge in [-0.2, -0.15) is 0 Å². The summed E-state index contributed by atoms with van der Waals surface area (Å²) in [4.78, 5) is 29.5. The van der Waals surface area contributed by atoms with Crippen molar-refractivity contribution in [3.05, 3.63) is 35.0 Å². The number of rotatable bonds is 2. The van der Waals surface area contributed by atoms with Crippen LogP contribution in [0.15, 0.2) is 24.3 Å². The molecule has 2 fully saturated rings. The lowest BCUT2D eigenvalue weighted by molar-refractivity contribution is -0.191. The molecule has 0 saturated carbocycles. The van der Waals surface area contributed by atoms with E-state index in [9.17, 15) is 14.7 Å². The summed E-state index contributed by atoms with van der Waals surface area (Å²) in [5.41, 5.74) is -0.112. The number of nitrogens with one attached hydrogen (secondary N) is 2. The fourth-order valence-electron chi connectivity index (χ4n) is 4.36. The molecule has 1 aromatic carbocycles. The first-order chi connectivity index (χ1) is 13.7. The van der Waals surface area contributed by atoms with Gasteiger partial charge in [0.25, 0.3) is 5.91 Å². The molecule has 2 aromatic rings. The zero-order chi connectivity index (χ0) is 20.8. The number of piperidine rings is 1. The predicted molar refractivity (Wildman–Crippen MR) is 110 cm³/mol. The molecule has 4 rings (SSSR count). The summed E-state index contributed by atoms with van der Waals surface area (Å²) < 4.78 is 6.07. The van der Waals surface area contributed by atoms with Crippen LogP contribution in [-0.4, -0.2) is 63.7 Å². The lowest BCUT2D eigenvalue weighted by Crippen LogP contribution is -2.63. The van der Waals surface area contributed by atoms with Crippen LogP contribution in [0.1, 0.15) is 43.6 Å². The highest BCUT2D eigenvalue weighted by atomic mass is 35.5. The minimum Gasteiger partial charge on any atom is -0.386 e. The van der Waals surface area contributed by atoms with Crippen LogP contribution in [0.5, 0.6) is 0 Å². The third-order valence-electron chi connectivity index (χ3n) is 6.15. The number of likely N-dealkylation sites (tertiary alicyclic amines) is 1. The number of carbonyl (C=O) groups is 2. The van der Waals surface area contributed by atoms with Gasteiger partial charge in [0.2, 0.25) is 5.91 Å². The van der Waals surface area contributed by atoms with E-state index in [0.29, 0.717) is 43.1 Å². The van der Waals surface area contributed by atoms with Crippen LogP contribution in [0.4, 0.5) is 0 Å². The molecule has 3 N–H and O–H groups in total. The minimum absolute atomic E-state index is 0.0478. The smallest absolute Gasteiger partial charge is 0.270 e. The molecule has 156 valence electrons. The van der Waals surface area contributed by atoms with Crippen molar-refractivity contribution in [2.24, 2.45) is 0 Å².